The zero-order valence-corrected chi connectivity index (χ0v) is 16.8. The van der Waals surface area contributed by atoms with Gasteiger partial charge in [0.2, 0.25) is 0 Å². The predicted molar refractivity (Wildman–Crippen MR) is 106 cm³/mol. The molecule has 0 fully saturated rings. The third-order valence-corrected chi connectivity index (χ3v) is 8.58. The number of hydrogen-bond acceptors (Lipinski definition) is 4. The van der Waals surface area contributed by atoms with E-state index in [-0.39, 0.29) is 25.5 Å². The molecule has 0 aliphatic carbocycles. The minimum atomic E-state index is -4.45. The molecule has 0 atom stereocenters. The molecule has 5 nitrogen and oxygen atoms in total. The largest absolute Gasteiger partial charge is 0.277 e. The van der Waals surface area contributed by atoms with E-state index in [4.69, 9.17) is 23.2 Å². The summed E-state index contributed by atoms with van der Waals surface area (Å²) in [7, 11) is -8.89. The van der Waals surface area contributed by atoms with Crippen LogP contribution in [0.25, 0.3) is 0 Å². The Hall–Kier alpha value is -2.06. The van der Waals surface area contributed by atoms with Crippen molar-refractivity contribution in [3.05, 3.63) is 88.9 Å². The van der Waals surface area contributed by atoms with Gasteiger partial charge in [-0.3, -0.25) is 0 Å². The van der Waals surface area contributed by atoms with Crippen LogP contribution < -0.4 is 3.71 Å². The molecule has 0 aromatic heterocycles. The summed E-state index contributed by atoms with van der Waals surface area (Å²) in [5, 5.41) is 0.209. The minimum Gasteiger partial charge on any atom is -0.200 e. The number of benzene rings is 3. The van der Waals surface area contributed by atoms with Crippen molar-refractivity contribution < 1.29 is 16.8 Å². The van der Waals surface area contributed by atoms with Gasteiger partial charge in [-0.25, -0.2) is 16.8 Å². The highest BCUT2D eigenvalue weighted by Gasteiger charge is 2.37. The first-order chi connectivity index (χ1) is 12.7. The van der Waals surface area contributed by atoms with Gasteiger partial charge in [0.25, 0.3) is 20.0 Å². The summed E-state index contributed by atoms with van der Waals surface area (Å²) in [5.74, 6) is 0. The Labute approximate surface area is 167 Å². The van der Waals surface area contributed by atoms with Crippen molar-refractivity contribution in [2.75, 3.05) is 3.71 Å². The Morgan fingerprint density at radius 2 is 1.04 bits per heavy atom. The molecule has 0 aliphatic rings. The van der Waals surface area contributed by atoms with Crippen molar-refractivity contribution in [2.45, 2.75) is 9.79 Å². The molecule has 0 saturated carbocycles. The maximum absolute atomic E-state index is 13.2. The smallest absolute Gasteiger partial charge is 0.200 e. The van der Waals surface area contributed by atoms with E-state index in [2.05, 4.69) is 0 Å². The van der Waals surface area contributed by atoms with Gasteiger partial charge in [0, 0.05) is 0 Å². The maximum atomic E-state index is 13.2. The van der Waals surface area contributed by atoms with E-state index in [0.717, 1.165) is 0 Å². The highest BCUT2D eigenvalue weighted by atomic mass is 35.5. The summed E-state index contributed by atoms with van der Waals surface area (Å²) in [5.41, 5.74) is -0.142. The van der Waals surface area contributed by atoms with E-state index in [0.29, 0.717) is 3.71 Å². The second-order valence-electron chi connectivity index (χ2n) is 5.43. The van der Waals surface area contributed by atoms with Crippen molar-refractivity contribution in [3.8, 4) is 0 Å². The van der Waals surface area contributed by atoms with Crippen LogP contribution >= 0.6 is 23.2 Å². The standard InChI is InChI=1S/C18H13Cl2NO4S2/c19-17-12-11-14(13-18(17)20)21(26(22,23)15-7-3-1-4-8-15)27(24,25)16-9-5-2-6-10-16/h1-13H. The second-order valence-corrected chi connectivity index (χ2v) is 10.1. The van der Waals surface area contributed by atoms with E-state index in [1.54, 1.807) is 12.1 Å². The van der Waals surface area contributed by atoms with Crippen molar-refractivity contribution in [2.24, 2.45) is 0 Å². The summed E-state index contributed by atoms with van der Waals surface area (Å²) in [4.78, 5) is -0.342. The van der Waals surface area contributed by atoms with E-state index >= 15 is 0 Å². The predicted octanol–water partition coefficient (Wildman–Crippen LogP) is 4.58. The van der Waals surface area contributed by atoms with Gasteiger partial charge >= 0.3 is 0 Å². The van der Waals surface area contributed by atoms with Crippen molar-refractivity contribution in [3.63, 3.8) is 0 Å². The monoisotopic (exact) mass is 441 g/mol. The summed E-state index contributed by atoms with van der Waals surface area (Å²) in [6.07, 6.45) is 0. The molecule has 0 amide bonds. The van der Waals surface area contributed by atoms with Crippen molar-refractivity contribution in [1.82, 2.24) is 0 Å². The molecule has 0 heterocycles. The summed E-state index contributed by atoms with van der Waals surface area (Å²) in [6.45, 7) is 0. The summed E-state index contributed by atoms with van der Waals surface area (Å²) >= 11 is 11.9. The first kappa shape index (κ1) is 19.7. The van der Waals surface area contributed by atoms with Crippen LogP contribution in [0.3, 0.4) is 0 Å². The number of anilines is 1. The van der Waals surface area contributed by atoms with Crippen LogP contribution in [0.2, 0.25) is 10.0 Å². The molecular weight excluding hydrogens is 429 g/mol. The number of rotatable bonds is 5. The maximum Gasteiger partial charge on any atom is 0.277 e. The quantitative estimate of drug-likeness (QED) is 0.580. The number of sulfonamides is 2. The fourth-order valence-electron chi connectivity index (χ4n) is 2.38. The molecule has 0 spiro atoms. The van der Waals surface area contributed by atoms with E-state index in [1.165, 1.54) is 66.7 Å². The lowest BCUT2D eigenvalue weighted by Crippen LogP contribution is -2.37. The zero-order valence-electron chi connectivity index (χ0n) is 13.7. The Balaban J connectivity index is 2.29. The third-order valence-electron chi connectivity index (χ3n) is 3.63. The van der Waals surface area contributed by atoms with Gasteiger partial charge in [-0.1, -0.05) is 59.6 Å². The highest BCUT2D eigenvalue weighted by Crippen LogP contribution is 2.34. The molecule has 0 bridgehead atoms. The average molecular weight is 442 g/mol. The van der Waals surface area contributed by atoms with Gasteiger partial charge in [-0.2, -0.15) is 3.71 Å². The lowest BCUT2D eigenvalue weighted by Gasteiger charge is -2.24. The molecule has 9 heteroatoms. The molecular formula is C18H13Cl2NO4S2. The Bertz CT molecular complexity index is 1100. The number of halogens is 2. The molecule has 3 aromatic rings. The van der Waals surface area contributed by atoms with Crippen LogP contribution in [-0.4, -0.2) is 16.8 Å². The molecule has 3 rings (SSSR count). The average Bonchev–Trinajstić information content (AvgIpc) is 2.66. The molecule has 0 N–H and O–H groups in total. The number of hydrogen-bond donors (Lipinski definition) is 0. The number of nitrogens with zero attached hydrogens (tertiary/aromatic N) is 1. The van der Waals surface area contributed by atoms with E-state index in [1.807, 2.05) is 0 Å². The van der Waals surface area contributed by atoms with Gasteiger partial charge in [0.1, 0.15) is 0 Å². The molecule has 0 aliphatic heterocycles. The van der Waals surface area contributed by atoms with Gasteiger partial charge < -0.3 is 0 Å². The SMILES string of the molecule is O=S(=O)(c1ccccc1)N(c1ccc(Cl)c(Cl)c1)S(=O)(=O)c1ccccc1. The van der Waals surface area contributed by atoms with Gasteiger partial charge in [-0.05, 0) is 42.5 Å². The van der Waals surface area contributed by atoms with Crippen LogP contribution in [0.1, 0.15) is 0 Å². The summed E-state index contributed by atoms with van der Waals surface area (Å²) in [6, 6.07) is 18.4. The Morgan fingerprint density at radius 1 is 0.593 bits per heavy atom. The highest BCUT2D eigenvalue weighted by molar-refractivity contribution is 8.10. The lowest BCUT2D eigenvalue weighted by atomic mass is 10.3. The zero-order chi connectivity index (χ0) is 19.7. The van der Waals surface area contributed by atoms with Crippen LogP contribution in [0, 0.1) is 0 Å². The minimum absolute atomic E-state index is 0.0330. The molecule has 27 heavy (non-hydrogen) atoms. The molecule has 0 unspecified atom stereocenters. The third kappa shape index (κ3) is 3.82. The second kappa shape index (κ2) is 7.52. The van der Waals surface area contributed by atoms with Crippen molar-refractivity contribution >= 4 is 48.9 Å². The van der Waals surface area contributed by atoms with Crippen LogP contribution in [0.5, 0.6) is 0 Å². The summed E-state index contributed by atoms with van der Waals surface area (Å²) < 4.78 is 53.2. The van der Waals surface area contributed by atoms with Crippen LogP contribution in [0.4, 0.5) is 5.69 Å². The lowest BCUT2D eigenvalue weighted by molar-refractivity contribution is 0.584. The molecule has 3 aromatic carbocycles. The normalized spacial score (nSPS) is 11.9. The first-order valence-corrected chi connectivity index (χ1v) is 11.2. The Kier molecular flexibility index (Phi) is 5.48. The van der Waals surface area contributed by atoms with Gasteiger partial charge in [0.15, 0.2) is 0 Å². The molecule has 0 radical (unpaired) electrons. The van der Waals surface area contributed by atoms with Gasteiger partial charge in [-0.15, -0.1) is 0 Å². The van der Waals surface area contributed by atoms with Gasteiger partial charge in [0.05, 0.1) is 25.5 Å². The Morgan fingerprint density at radius 3 is 1.44 bits per heavy atom. The molecule has 0 saturated heterocycles. The fourth-order valence-corrected chi connectivity index (χ4v) is 6.39. The van der Waals surface area contributed by atoms with Crippen LogP contribution in [0.15, 0.2) is 88.7 Å². The van der Waals surface area contributed by atoms with E-state index < -0.39 is 20.0 Å². The fraction of sp³-hybridized carbons (Fsp3) is 0. The van der Waals surface area contributed by atoms with Crippen molar-refractivity contribution in [1.29, 1.82) is 0 Å². The topological polar surface area (TPSA) is 71.5 Å². The molecule has 140 valence electrons. The van der Waals surface area contributed by atoms with E-state index in [9.17, 15) is 16.8 Å². The first-order valence-electron chi connectivity index (χ1n) is 7.60. The van der Waals surface area contributed by atoms with Crippen LogP contribution in [-0.2, 0) is 20.0 Å².